The number of anilines is 1. The van der Waals surface area contributed by atoms with Crippen molar-refractivity contribution in [1.82, 2.24) is 19.3 Å². The fraction of sp³-hybridized carbons (Fsp3) is 0.227. The molecule has 0 radical (unpaired) electrons. The van der Waals surface area contributed by atoms with Gasteiger partial charge in [-0.25, -0.2) is 4.98 Å². The van der Waals surface area contributed by atoms with Gasteiger partial charge in [-0.1, -0.05) is 30.3 Å². The van der Waals surface area contributed by atoms with Crippen molar-refractivity contribution < 1.29 is 18.0 Å². The van der Waals surface area contributed by atoms with Crippen LogP contribution in [-0.2, 0) is 18.0 Å². The Labute approximate surface area is 175 Å². The molecular formula is C22H18F3N5O. The Hall–Kier alpha value is -3.62. The van der Waals surface area contributed by atoms with Gasteiger partial charge in [0.25, 0.3) is 0 Å². The number of carbonyl (C=O) groups is 1. The van der Waals surface area contributed by atoms with E-state index in [1.165, 1.54) is 16.8 Å². The van der Waals surface area contributed by atoms with E-state index in [4.69, 9.17) is 0 Å². The first kappa shape index (κ1) is 19.3. The number of imidazole rings is 1. The smallest absolute Gasteiger partial charge is 0.311 e. The number of aryl methyl sites for hydroxylation is 2. The van der Waals surface area contributed by atoms with Crippen LogP contribution in [0, 0.1) is 6.92 Å². The lowest BCUT2D eigenvalue weighted by molar-refractivity contribution is -0.138. The van der Waals surface area contributed by atoms with E-state index in [2.05, 4.69) is 15.4 Å². The number of nitrogens with zero attached hydrogens (tertiary/aromatic N) is 4. The molecule has 0 unspecified atom stereocenters. The van der Waals surface area contributed by atoms with Crippen LogP contribution in [0.4, 0.5) is 19.0 Å². The number of nitrogens with one attached hydrogen (secondary N) is 1. The normalized spacial score (nSPS) is 16.4. The number of rotatable bonds is 2. The van der Waals surface area contributed by atoms with Crippen molar-refractivity contribution >= 4 is 22.8 Å². The summed E-state index contributed by atoms with van der Waals surface area (Å²) in [6.45, 7) is 1.73. The topological polar surface area (TPSA) is 64.7 Å². The van der Waals surface area contributed by atoms with Gasteiger partial charge in [0.15, 0.2) is 0 Å². The molecule has 4 aromatic rings. The number of amides is 1. The predicted octanol–water partition coefficient (Wildman–Crippen LogP) is 4.56. The Balaban J connectivity index is 1.73. The molecule has 1 aliphatic heterocycles. The molecule has 0 saturated carbocycles. The molecule has 5 rings (SSSR count). The monoisotopic (exact) mass is 425 g/mol. The summed E-state index contributed by atoms with van der Waals surface area (Å²) in [5, 5.41) is 7.36. The number of aromatic nitrogens is 4. The number of para-hydroxylation sites is 2. The third-order valence-electron chi connectivity index (χ3n) is 5.70. The van der Waals surface area contributed by atoms with Gasteiger partial charge in [-0.05, 0) is 30.7 Å². The Kier molecular flexibility index (Phi) is 4.18. The molecular weight excluding hydrogens is 407 g/mol. The summed E-state index contributed by atoms with van der Waals surface area (Å²) in [5.41, 5.74) is 2.07. The van der Waals surface area contributed by atoms with Crippen LogP contribution in [0.3, 0.4) is 0 Å². The second-order valence-corrected chi connectivity index (χ2v) is 7.61. The Bertz CT molecular complexity index is 1330. The quantitative estimate of drug-likeness (QED) is 0.512. The molecule has 0 aliphatic carbocycles. The molecule has 6 nitrogen and oxygen atoms in total. The zero-order chi connectivity index (χ0) is 21.9. The largest absolute Gasteiger partial charge is 0.416 e. The molecule has 1 aliphatic rings. The second kappa shape index (κ2) is 6.69. The number of halogens is 3. The summed E-state index contributed by atoms with van der Waals surface area (Å²) in [4.78, 5) is 17.2. The first-order chi connectivity index (χ1) is 14.8. The summed E-state index contributed by atoms with van der Waals surface area (Å²) in [6.07, 6.45) is -4.61. The fourth-order valence-electron chi connectivity index (χ4n) is 4.34. The number of hydrogen-bond acceptors (Lipinski definition) is 3. The lowest BCUT2D eigenvalue weighted by atomic mass is 9.83. The summed E-state index contributed by atoms with van der Waals surface area (Å²) in [5.74, 6) is -0.302. The Morgan fingerprint density at radius 2 is 1.81 bits per heavy atom. The van der Waals surface area contributed by atoms with Crippen molar-refractivity contribution in [2.45, 2.75) is 25.4 Å². The summed E-state index contributed by atoms with van der Waals surface area (Å²) >= 11 is 0. The van der Waals surface area contributed by atoms with Crippen molar-refractivity contribution in [2.24, 2.45) is 7.05 Å². The van der Waals surface area contributed by atoms with Gasteiger partial charge in [0.2, 0.25) is 11.9 Å². The minimum Gasteiger partial charge on any atom is -0.311 e. The van der Waals surface area contributed by atoms with Crippen LogP contribution in [0.25, 0.3) is 17.0 Å². The maximum absolute atomic E-state index is 13.7. The van der Waals surface area contributed by atoms with Crippen LogP contribution in [0.1, 0.15) is 34.7 Å². The van der Waals surface area contributed by atoms with E-state index in [0.717, 1.165) is 17.1 Å². The summed E-state index contributed by atoms with van der Waals surface area (Å²) in [7, 11) is 1.83. The minimum atomic E-state index is -4.52. The predicted molar refractivity (Wildman–Crippen MR) is 109 cm³/mol. The van der Waals surface area contributed by atoms with E-state index >= 15 is 0 Å². The van der Waals surface area contributed by atoms with E-state index in [9.17, 15) is 18.0 Å². The summed E-state index contributed by atoms with van der Waals surface area (Å²) < 4.78 is 44.4. The molecule has 9 heteroatoms. The highest BCUT2D eigenvalue weighted by Gasteiger charge is 2.40. The van der Waals surface area contributed by atoms with Gasteiger partial charge >= 0.3 is 6.18 Å². The molecule has 3 heterocycles. The molecule has 158 valence electrons. The molecule has 0 saturated heterocycles. The van der Waals surface area contributed by atoms with Gasteiger partial charge < -0.3 is 9.88 Å². The SMILES string of the molecule is Cc1nn(-c2nc3ccccc3n2C)c2c1[C@@H](c1ccccc1C(F)(F)F)CC(=O)N2. The number of fused-ring (bicyclic) bond motifs is 2. The van der Waals surface area contributed by atoms with Gasteiger partial charge in [-0.15, -0.1) is 0 Å². The highest BCUT2D eigenvalue weighted by Crippen LogP contribution is 2.44. The zero-order valence-corrected chi connectivity index (χ0v) is 16.7. The van der Waals surface area contributed by atoms with Crippen molar-refractivity contribution in [3.05, 3.63) is 70.9 Å². The minimum absolute atomic E-state index is 0.0683. The van der Waals surface area contributed by atoms with E-state index in [1.54, 1.807) is 13.0 Å². The summed E-state index contributed by atoms with van der Waals surface area (Å²) in [6, 6.07) is 12.9. The lowest BCUT2D eigenvalue weighted by Crippen LogP contribution is -2.26. The highest BCUT2D eigenvalue weighted by molar-refractivity contribution is 5.95. The maximum Gasteiger partial charge on any atom is 0.416 e. The van der Waals surface area contributed by atoms with Gasteiger partial charge in [0.1, 0.15) is 5.82 Å². The Morgan fingerprint density at radius 3 is 2.55 bits per heavy atom. The lowest BCUT2D eigenvalue weighted by Gasteiger charge is -2.26. The molecule has 1 N–H and O–H groups in total. The van der Waals surface area contributed by atoms with E-state index < -0.39 is 17.7 Å². The fourth-order valence-corrected chi connectivity index (χ4v) is 4.34. The molecule has 31 heavy (non-hydrogen) atoms. The molecule has 0 bridgehead atoms. The van der Waals surface area contributed by atoms with Crippen LogP contribution in [0.5, 0.6) is 0 Å². The maximum atomic E-state index is 13.7. The number of benzene rings is 2. The van der Waals surface area contributed by atoms with Crippen molar-refractivity contribution in [2.75, 3.05) is 5.32 Å². The van der Waals surface area contributed by atoms with Crippen LogP contribution < -0.4 is 5.32 Å². The third kappa shape index (κ3) is 2.99. The zero-order valence-electron chi connectivity index (χ0n) is 16.7. The number of hydrogen-bond donors (Lipinski definition) is 1. The van der Waals surface area contributed by atoms with E-state index in [1.807, 2.05) is 35.9 Å². The molecule has 1 atom stereocenters. The average Bonchev–Trinajstić information content (AvgIpc) is 3.24. The average molecular weight is 425 g/mol. The van der Waals surface area contributed by atoms with Crippen LogP contribution >= 0.6 is 0 Å². The number of carbonyl (C=O) groups excluding carboxylic acids is 1. The van der Waals surface area contributed by atoms with Crippen molar-refractivity contribution in [1.29, 1.82) is 0 Å². The molecule has 2 aromatic heterocycles. The molecule has 1 amide bonds. The second-order valence-electron chi connectivity index (χ2n) is 7.61. The van der Waals surface area contributed by atoms with Crippen molar-refractivity contribution in [3.63, 3.8) is 0 Å². The van der Waals surface area contributed by atoms with Gasteiger partial charge in [0.05, 0.1) is 22.3 Å². The van der Waals surface area contributed by atoms with Crippen LogP contribution in [0.15, 0.2) is 48.5 Å². The number of alkyl halides is 3. The van der Waals surface area contributed by atoms with Gasteiger partial charge in [-0.2, -0.15) is 23.0 Å². The van der Waals surface area contributed by atoms with Gasteiger partial charge in [-0.3, -0.25) is 4.79 Å². The molecule has 0 spiro atoms. The van der Waals surface area contributed by atoms with Crippen molar-refractivity contribution in [3.8, 4) is 5.95 Å². The first-order valence-corrected chi connectivity index (χ1v) is 9.73. The highest BCUT2D eigenvalue weighted by atomic mass is 19.4. The van der Waals surface area contributed by atoms with Crippen LogP contribution in [0.2, 0.25) is 0 Å². The standard InChI is InChI=1S/C22H18F3N5O/c1-12-19-14(13-7-3-4-8-15(13)22(23,24)25)11-18(31)27-20(19)30(28-12)21-26-16-9-5-6-10-17(16)29(21)2/h3-10,14H,11H2,1-2H3,(H,27,31)/t14-/m1/s1. The van der Waals surface area contributed by atoms with E-state index in [-0.39, 0.29) is 17.9 Å². The molecule has 0 fully saturated rings. The third-order valence-corrected chi connectivity index (χ3v) is 5.70. The molecule has 2 aromatic carbocycles. The first-order valence-electron chi connectivity index (χ1n) is 9.73. The van der Waals surface area contributed by atoms with Crippen LogP contribution in [-0.4, -0.2) is 25.2 Å². The van der Waals surface area contributed by atoms with Gasteiger partial charge in [0, 0.05) is 24.9 Å². The van der Waals surface area contributed by atoms with E-state index in [0.29, 0.717) is 23.0 Å². The Morgan fingerprint density at radius 1 is 1.10 bits per heavy atom.